The molecule has 1 heterocycles. The molecule has 134 valence electrons. The molecule has 1 atom stereocenters. The van der Waals surface area contributed by atoms with E-state index in [1.165, 1.54) is 13.0 Å². The molecule has 0 saturated carbocycles. The SMILES string of the molecule is [C-]#[N+]c1ccc(S(=O)(=O)N(CC)C(c2ccc(F)cc2)C(F)(F)F)s1. The summed E-state index contributed by atoms with van der Waals surface area (Å²) < 4.78 is 79.2. The third-order valence-electron chi connectivity index (χ3n) is 3.34. The van der Waals surface area contributed by atoms with Gasteiger partial charge in [0.1, 0.15) is 16.1 Å². The topological polar surface area (TPSA) is 41.7 Å². The molecule has 0 amide bonds. The molecule has 0 bridgehead atoms. The molecule has 0 spiro atoms. The van der Waals surface area contributed by atoms with Gasteiger partial charge < -0.3 is 0 Å². The van der Waals surface area contributed by atoms with Crippen LogP contribution in [0.15, 0.2) is 40.6 Å². The highest BCUT2D eigenvalue weighted by molar-refractivity contribution is 7.91. The van der Waals surface area contributed by atoms with E-state index in [2.05, 4.69) is 4.85 Å². The van der Waals surface area contributed by atoms with Gasteiger partial charge in [0.2, 0.25) is 5.00 Å². The minimum Gasteiger partial charge on any atom is -0.227 e. The van der Waals surface area contributed by atoms with Crippen LogP contribution in [0, 0.1) is 12.4 Å². The summed E-state index contributed by atoms with van der Waals surface area (Å²) in [5.74, 6) is -0.726. The number of rotatable bonds is 5. The maximum absolute atomic E-state index is 13.6. The van der Waals surface area contributed by atoms with Gasteiger partial charge in [-0.3, -0.25) is 0 Å². The zero-order valence-corrected chi connectivity index (χ0v) is 14.4. The van der Waals surface area contributed by atoms with Crippen molar-refractivity contribution in [1.29, 1.82) is 0 Å². The van der Waals surface area contributed by atoms with Gasteiger partial charge in [-0.15, -0.1) is 11.3 Å². The fourth-order valence-corrected chi connectivity index (χ4v) is 5.10. The normalized spacial score (nSPS) is 13.6. The zero-order valence-electron chi connectivity index (χ0n) is 12.8. The Morgan fingerprint density at radius 1 is 1.20 bits per heavy atom. The standard InChI is InChI=1S/C15H12F4N2O2S2/c1-3-21(25(22,23)13-9-8-12(20-2)24-13)14(15(17,18)19)10-4-6-11(16)7-5-10/h4-9,14H,3H2,1H3. The van der Waals surface area contributed by atoms with Crippen molar-refractivity contribution in [2.75, 3.05) is 6.54 Å². The molecule has 25 heavy (non-hydrogen) atoms. The van der Waals surface area contributed by atoms with Gasteiger partial charge in [0, 0.05) is 6.54 Å². The summed E-state index contributed by atoms with van der Waals surface area (Å²) in [6, 6.07) is 3.39. The van der Waals surface area contributed by atoms with E-state index in [1.807, 2.05) is 0 Å². The molecular weight excluding hydrogens is 380 g/mol. The molecule has 1 aromatic heterocycles. The van der Waals surface area contributed by atoms with E-state index in [0.717, 1.165) is 30.3 Å². The van der Waals surface area contributed by atoms with Crippen molar-refractivity contribution >= 4 is 26.4 Å². The summed E-state index contributed by atoms with van der Waals surface area (Å²) in [4.78, 5) is 3.07. The van der Waals surface area contributed by atoms with Gasteiger partial charge in [-0.2, -0.15) is 17.5 Å². The van der Waals surface area contributed by atoms with Crippen molar-refractivity contribution in [3.63, 3.8) is 0 Å². The summed E-state index contributed by atoms with van der Waals surface area (Å²) in [6.45, 7) is 7.70. The molecule has 4 nitrogen and oxygen atoms in total. The van der Waals surface area contributed by atoms with Crippen molar-refractivity contribution in [3.05, 3.63) is 59.2 Å². The molecule has 1 unspecified atom stereocenters. The highest BCUT2D eigenvalue weighted by atomic mass is 32.2. The van der Waals surface area contributed by atoms with Gasteiger partial charge >= 0.3 is 6.18 Å². The Morgan fingerprint density at radius 2 is 1.80 bits per heavy atom. The van der Waals surface area contributed by atoms with Crippen LogP contribution in [-0.2, 0) is 10.0 Å². The summed E-state index contributed by atoms with van der Waals surface area (Å²) in [7, 11) is -4.49. The van der Waals surface area contributed by atoms with Crippen LogP contribution in [0.1, 0.15) is 18.5 Å². The molecule has 0 saturated heterocycles. The smallest absolute Gasteiger partial charge is 0.227 e. The predicted molar refractivity (Wildman–Crippen MR) is 85.3 cm³/mol. The monoisotopic (exact) mass is 392 g/mol. The van der Waals surface area contributed by atoms with Crippen LogP contribution < -0.4 is 0 Å². The number of alkyl halides is 3. The van der Waals surface area contributed by atoms with Crippen LogP contribution in [-0.4, -0.2) is 25.4 Å². The van der Waals surface area contributed by atoms with E-state index in [0.29, 0.717) is 15.6 Å². The lowest BCUT2D eigenvalue weighted by Gasteiger charge is -2.31. The maximum Gasteiger partial charge on any atom is 0.409 e. The van der Waals surface area contributed by atoms with E-state index in [9.17, 15) is 26.0 Å². The van der Waals surface area contributed by atoms with Crippen LogP contribution in [0.4, 0.5) is 22.6 Å². The van der Waals surface area contributed by atoms with Crippen LogP contribution in [0.2, 0.25) is 0 Å². The van der Waals surface area contributed by atoms with Gasteiger partial charge in [-0.05, 0) is 29.8 Å². The van der Waals surface area contributed by atoms with Crippen LogP contribution in [0.5, 0.6) is 0 Å². The molecule has 1 aromatic carbocycles. The van der Waals surface area contributed by atoms with E-state index < -0.39 is 34.6 Å². The third-order valence-corrected chi connectivity index (χ3v) is 6.72. The van der Waals surface area contributed by atoms with Crippen LogP contribution in [0.3, 0.4) is 0 Å². The molecule has 0 aliphatic rings. The Balaban J connectivity index is 2.57. The van der Waals surface area contributed by atoms with Gasteiger partial charge in [0.25, 0.3) is 10.0 Å². The number of benzene rings is 1. The fourth-order valence-electron chi connectivity index (χ4n) is 2.28. The van der Waals surface area contributed by atoms with Crippen molar-refractivity contribution < 1.29 is 26.0 Å². The average Bonchev–Trinajstić information content (AvgIpc) is 3.02. The molecule has 2 aromatic rings. The summed E-state index contributed by atoms with van der Waals surface area (Å²) >= 11 is 0.598. The van der Waals surface area contributed by atoms with Crippen molar-refractivity contribution in [3.8, 4) is 0 Å². The molecular formula is C15H12F4N2O2S2. The second kappa shape index (κ2) is 7.11. The third kappa shape index (κ3) is 4.00. The predicted octanol–water partition coefficient (Wildman–Crippen LogP) is 4.75. The highest BCUT2D eigenvalue weighted by Crippen LogP contribution is 2.42. The molecule has 0 aliphatic heterocycles. The van der Waals surface area contributed by atoms with E-state index in [-0.39, 0.29) is 14.8 Å². The largest absolute Gasteiger partial charge is 0.409 e. The van der Waals surface area contributed by atoms with Crippen LogP contribution >= 0.6 is 11.3 Å². The highest BCUT2D eigenvalue weighted by Gasteiger charge is 2.48. The maximum atomic E-state index is 13.6. The van der Waals surface area contributed by atoms with Gasteiger partial charge in [-0.25, -0.2) is 17.7 Å². The summed E-state index contributed by atoms with van der Waals surface area (Å²) in [5.41, 5.74) is -0.388. The second-order valence-electron chi connectivity index (χ2n) is 4.91. The Morgan fingerprint density at radius 3 is 2.24 bits per heavy atom. The number of hydrogen-bond acceptors (Lipinski definition) is 3. The molecule has 0 fully saturated rings. The quantitative estimate of drug-likeness (QED) is 0.544. The average molecular weight is 392 g/mol. The van der Waals surface area contributed by atoms with Gasteiger partial charge in [-0.1, -0.05) is 19.1 Å². The minimum atomic E-state index is -4.90. The molecule has 0 aliphatic carbocycles. The fraction of sp³-hybridized carbons (Fsp3) is 0.267. The Kier molecular flexibility index (Phi) is 5.51. The van der Waals surface area contributed by atoms with Crippen molar-refractivity contribution in [2.45, 2.75) is 23.4 Å². The first-order valence-electron chi connectivity index (χ1n) is 6.92. The number of nitrogens with zero attached hydrogens (tertiary/aromatic N) is 2. The second-order valence-corrected chi connectivity index (χ2v) is 8.09. The first-order chi connectivity index (χ1) is 11.6. The zero-order chi connectivity index (χ0) is 18.8. The number of hydrogen-bond donors (Lipinski definition) is 0. The lowest BCUT2D eigenvalue weighted by Crippen LogP contribution is -2.42. The van der Waals surface area contributed by atoms with Gasteiger partial charge in [0.15, 0.2) is 0 Å². The summed E-state index contributed by atoms with van der Waals surface area (Å²) in [5, 5.41) is 0.0555. The molecule has 0 radical (unpaired) electrons. The molecule has 2 rings (SSSR count). The lowest BCUT2D eigenvalue weighted by atomic mass is 10.1. The Bertz CT molecular complexity index is 883. The van der Waals surface area contributed by atoms with Gasteiger partial charge in [0.05, 0.1) is 6.57 Å². The van der Waals surface area contributed by atoms with E-state index in [4.69, 9.17) is 6.57 Å². The Hall–Kier alpha value is -1.96. The van der Waals surface area contributed by atoms with Crippen molar-refractivity contribution in [2.24, 2.45) is 0 Å². The number of thiophene rings is 1. The minimum absolute atomic E-state index is 0.0555. The van der Waals surface area contributed by atoms with E-state index in [1.54, 1.807) is 0 Å². The first kappa shape index (κ1) is 19.4. The van der Waals surface area contributed by atoms with E-state index >= 15 is 0 Å². The summed E-state index contributed by atoms with van der Waals surface area (Å²) in [6.07, 6.45) is -4.90. The molecule has 0 N–H and O–H groups in total. The van der Waals surface area contributed by atoms with Crippen molar-refractivity contribution in [1.82, 2.24) is 4.31 Å². The number of halogens is 4. The molecule has 10 heteroatoms. The lowest BCUT2D eigenvalue weighted by molar-refractivity contribution is -0.173. The first-order valence-corrected chi connectivity index (χ1v) is 9.18. The van der Waals surface area contributed by atoms with Crippen LogP contribution in [0.25, 0.3) is 4.85 Å². The Labute approximate surface area is 146 Å². The number of sulfonamides is 1.